The van der Waals surface area contributed by atoms with E-state index in [1.54, 1.807) is 10.9 Å². The maximum absolute atomic E-state index is 14.8. The van der Waals surface area contributed by atoms with Crippen LogP contribution < -0.4 is 5.32 Å². The molecule has 0 aliphatic heterocycles. The van der Waals surface area contributed by atoms with Gasteiger partial charge in [-0.2, -0.15) is 18.3 Å². The molecule has 0 aliphatic carbocycles. The number of alkyl halides is 3. The molecule has 7 nitrogen and oxygen atoms in total. The first-order chi connectivity index (χ1) is 17.5. The minimum atomic E-state index is -4.65. The zero-order valence-electron chi connectivity index (χ0n) is 19.8. The Kier molecular flexibility index (Phi) is 7.28. The topological polar surface area (TPSA) is 85.6 Å². The minimum absolute atomic E-state index is 0.0930. The van der Waals surface area contributed by atoms with Gasteiger partial charge >= 0.3 is 6.18 Å². The number of hydrogen-bond acceptors (Lipinski definition) is 5. The second-order valence-electron chi connectivity index (χ2n) is 8.27. The van der Waals surface area contributed by atoms with Crippen molar-refractivity contribution in [2.24, 2.45) is 0 Å². The van der Waals surface area contributed by atoms with Gasteiger partial charge in [-0.15, -0.1) is 0 Å². The Morgan fingerprint density at radius 3 is 2.38 bits per heavy atom. The first-order valence-corrected chi connectivity index (χ1v) is 11.2. The molecule has 0 aliphatic rings. The number of carbonyl (C=O) groups excluding carboxylic acids is 1. The van der Waals surface area contributed by atoms with Gasteiger partial charge in [0.15, 0.2) is 0 Å². The van der Waals surface area contributed by atoms with Gasteiger partial charge in [0.1, 0.15) is 17.5 Å². The highest BCUT2D eigenvalue weighted by Gasteiger charge is 2.33. The lowest BCUT2D eigenvalue weighted by Crippen LogP contribution is -2.17. The molecular weight excluding hydrogens is 495 g/mol. The van der Waals surface area contributed by atoms with Gasteiger partial charge in [0.25, 0.3) is 0 Å². The van der Waals surface area contributed by atoms with E-state index in [1.807, 2.05) is 13.1 Å². The van der Waals surface area contributed by atoms with E-state index in [2.05, 4.69) is 25.4 Å². The second kappa shape index (κ2) is 10.4. The molecule has 0 atom stereocenters. The Morgan fingerprint density at radius 2 is 1.73 bits per heavy atom. The maximum atomic E-state index is 14.8. The van der Waals surface area contributed by atoms with E-state index in [1.165, 1.54) is 19.3 Å². The summed E-state index contributed by atoms with van der Waals surface area (Å²) in [5.41, 5.74) is -0.670. The Hall–Kier alpha value is -4.22. The molecule has 192 valence electrons. The Morgan fingerprint density at radius 1 is 1.00 bits per heavy atom. The lowest BCUT2D eigenvalue weighted by molar-refractivity contribution is -0.138. The number of carbonyl (C=O) groups is 1. The van der Waals surface area contributed by atoms with E-state index in [-0.39, 0.29) is 28.1 Å². The number of pyridine rings is 1. The molecule has 1 N–H and O–H groups in total. The van der Waals surface area contributed by atoms with Crippen molar-refractivity contribution in [2.45, 2.75) is 39.4 Å². The number of amides is 1. The summed E-state index contributed by atoms with van der Waals surface area (Å²) < 4.78 is 70.5. The van der Waals surface area contributed by atoms with Gasteiger partial charge in [0.2, 0.25) is 5.91 Å². The monoisotopic (exact) mass is 516 g/mol. The summed E-state index contributed by atoms with van der Waals surface area (Å²) in [5.74, 6) is -2.02. The first-order valence-electron chi connectivity index (χ1n) is 11.2. The first kappa shape index (κ1) is 25.9. The summed E-state index contributed by atoms with van der Waals surface area (Å²) in [4.78, 5) is 24.4. The molecule has 3 aromatic heterocycles. The molecule has 4 rings (SSSR count). The summed E-state index contributed by atoms with van der Waals surface area (Å²) in [6, 6.07) is 2.53. The fourth-order valence-corrected chi connectivity index (χ4v) is 3.65. The number of nitrogens with one attached hydrogen (secondary N) is 1. The quantitative estimate of drug-likeness (QED) is 0.344. The van der Waals surface area contributed by atoms with Gasteiger partial charge in [0.05, 0.1) is 30.1 Å². The molecule has 4 aromatic rings. The van der Waals surface area contributed by atoms with Crippen molar-refractivity contribution < 1.29 is 26.7 Å². The summed E-state index contributed by atoms with van der Waals surface area (Å²) >= 11 is 0. The lowest BCUT2D eigenvalue weighted by atomic mass is 10.0. The molecular formula is C25H21F5N6O. The van der Waals surface area contributed by atoms with Gasteiger partial charge in [-0.1, -0.05) is 0 Å². The smallest absolute Gasteiger partial charge is 0.324 e. The predicted molar refractivity (Wildman–Crippen MR) is 124 cm³/mol. The van der Waals surface area contributed by atoms with Crippen molar-refractivity contribution in [3.8, 4) is 11.1 Å². The van der Waals surface area contributed by atoms with Crippen LogP contribution >= 0.6 is 0 Å². The number of aryl methyl sites for hydroxylation is 2. The number of benzene rings is 1. The molecule has 37 heavy (non-hydrogen) atoms. The largest absolute Gasteiger partial charge is 0.418 e. The van der Waals surface area contributed by atoms with E-state index in [0.29, 0.717) is 12.2 Å². The highest BCUT2D eigenvalue weighted by atomic mass is 19.4. The molecule has 0 fully saturated rings. The zero-order chi connectivity index (χ0) is 26.7. The van der Waals surface area contributed by atoms with E-state index in [0.717, 1.165) is 36.5 Å². The number of rotatable bonds is 7. The normalized spacial score (nSPS) is 11.5. The van der Waals surface area contributed by atoms with Crippen LogP contribution in [0.5, 0.6) is 0 Å². The van der Waals surface area contributed by atoms with Crippen LogP contribution in [-0.4, -0.2) is 30.6 Å². The fraction of sp³-hybridized carbons (Fsp3) is 0.240. The van der Waals surface area contributed by atoms with Gasteiger partial charge in [-0.25, -0.2) is 18.7 Å². The molecule has 0 spiro atoms. The third-order valence-electron chi connectivity index (χ3n) is 5.55. The van der Waals surface area contributed by atoms with Crippen LogP contribution in [0.2, 0.25) is 0 Å². The van der Waals surface area contributed by atoms with Crippen LogP contribution in [0, 0.1) is 18.6 Å². The maximum Gasteiger partial charge on any atom is 0.418 e. The van der Waals surface area contributed by atoms with E-state index < -0.39 is 35.7 Å². The van der Waals surface area contributed by atoms with E-state index in [4.69, 9.17) is 0 Å². The van der Waals surface area contributed by atoms with Crippen LogP contribution in [0.3, 0.4) is 0 Å². The van der Waals surface area contributed by atoms with Crippen molar-refractivity contribution in [3.05, 3.63) is 89.0 Å². The van der Waals surface area contributed by atoms with Gasteiger partial charge < -0.3 is 5.32 Å². The van der Waals surface area contributed by atoms with Gasteiger partial charge in [0, 0.05) is 53.9 Å². The van der Waals surface area contributed by atoms with Crippen molar-refractivity contribution in [2.75, 3.05) is 5.32 Å². The fourth-order valence-electron chi connectivity index (χ4n) is 3.65. The number of halogens is 5. The highest BCUT2D eigenvalue weighted by molar-refractivity contribution is 5.92. The molecule has 12 heteroatoms. The summed E-state index contributed by atoms with van der Waals surface area (Å²) in [6.07, 6.45) is 2.55. The SMILES string of the molecule is CCn1cc(Cc2ncc(-c3cc(F)c(CC(=O)Nc4cnc(C)c(C(F)(F)F)c4)cc3F)cn2)cn1. The molecule has 0 saturated carbocycles. The van der Waals surface area contributed by atoms with Crippen LogP contribution in [0.15, 0.2) is 49.2 Å². The molecule has 1 aromatic carbocycles. The third kappa shape index (κ3) is 6.13. The molecule has 1 amide bonds. The molecule has 0 unspecified atom stereocenters. The Bertz CT molecular complexity index is 1430. The molecule has 0 saturated heterocycles. The van der Waals surface area contributed by atoms with Crippen molar-refractivity contribution in [1.29, 1.82) is 0 Å². The van der Waals surface area contributed by atoms with Crippen LogP contribution in [0.4, 0.5) is 27.6 Å². The molecule has 0 radical (unpaired) electrons. The number of aromatic nitrogens is 5. The zero-order valence-corrected chi connectivity index (χ0v) is 19.8. The van der Waals surface area contributed by atoms with E-state index in [9.17, 15) is 26.7 Å². The van der Waals surface area contributed by atoms with Crippen molar-refractivity contribution in [1.82, 2.24) is 24.7 Å². The third-order valence-corrected chi connectivity index (χ3v) is 5.55. The van der Waals surface area contributed by atoms with Crippen LogP contribution in [0.25, 0.3) is 11.1 Å². The average Bonchev–Trinajstić information content (AvgIpc) is 3.30. The van der Waals surface area contributed by atoms with Crippen molar-refractivity contribution in [3.63, 3.8) is 0 Å². The summed E-state index contributed by atoms with van der Waals surface area (Å²) in [5, 5.41) is 6.42. The average molecular weight is 516 g/mol. The second-order valence-corrected chi connectivity index (χ2v) is 8.27. The van der Waals surface area contributed by atoms with Gasteiger partial charge in [-0.3, -0.25) is 14.5 Å². The molecule has 0 bridgehead atoms. The molecule has 3 heterocycles. The summed E-state index contributed by atoms with van der Waals surface area (Å²) in [6.45, 7) is 3.88. The lowest BCUT2D eigenvalue weighted by Gasteiger charge is -2.12. The Balaban J connectivity index is 1.46. The van der Waals surface area contributed by atoms with Crippen LogP contribution in [0.1, 0.15) is 35.1 Å². The van der Waals surface area contributed by atoms with Gasteiger partial charge in [-0.05, 0) is 37.6 Å². The van der Waals surface area contributed by atoms with E-state index >= 15 is 0 Å². The summed E-state index contributed by atoms with van der Waals surface area (Å²) in [7, 11) is 0. The van der Waals surface area contributed by atoms with Crippen molar-refractivity contribution >= 4 is 11.6 Å². The highest BCUT2D eigenvalue weighted by Crippen LogP contribution is 2.32. The standard InChI is InChI=1S/C25H21F5N6O/c1-3-36-13-15(9-34-36)4-23-32-10-17(11-33-23)19-8-21(26)16(5-22(19)27)6-24(37)35-18-7-20(25(28,29)30)14(2)31-12-18/h5,7-13H,3-4,6H2,1-2H3,(H,35,37). The minimum Gasteiger partial charge on any atom is -0.324 e. The van der Waals surface area contributed by atoms with Crippen LogP contribution in [-0.2, 0) is 30.4 Å². The Labute approximate surface area is 208 Å². The number of nitrogens with zero attached hydrogens (tertiary/aromatic N) is 5. The number of hydrogen-bond donors (Lipinski definition) is 1. The predicted octanol–water partition coefficient (Wildman–Crippen LogP) is 5.13. The number of anilines is 1.